The number of nitrogens with one attached hydrogen (secondary N) is 1. The Bertz CT molecular complexity index is 334. The molecule has 0 aromatic rings. The lowest BCUT2D eigenvalue weighted by Gasteiger charge is -2.38. The summed E-state index contributed by atoms with van der Waals surface area (Å²) in [5.74, 6) is -0.205. The predicted octanol–water partition coefficient (Wildman–Crippen LogP) is -0.582. The van der Waals surface area contributed by atoms with E-state index in [0.717, 1.165) is 24.2 Å². The number of aliphatic hydroxyl groups is 1. The molecule has 6 nitrogen and oxygen atoms in total. The molecule has 1 saturated carbocycles. The Morgan fingerprint density at radius 3 is 2.88 bits per heavy atom. The summed E-state index contributed by atoms with van der Waals surface area (Å²) < 4.78 is 0. The lowest BCUT2D eigenvalue weighted by Crippen LogP contribution is -2.57. The van der Waals surface area contributed by atoms with Crippen LogP contribution in [0.15, 0.2) is 0 Å². The van der Waals surface area contributed by atoms with Gasteiger partial charge < -0.3 is 16.2 Å². The minimum Gasteiger partial charge on any atom is -0.395 e. The number of carbonyl (C=O) groups is 2. The molecule has 96 valence electrons. The van der Waals surface area contributed by atoms with Crippen molar-refractivity contribution in [2.24, 2.45) is 11.7 Å². The molecule has 3 amide bonds. The molecule has 2 aliphatic rings. The summed E-state index contributed by atoms with van der Waals surface area (Å²) in [4.78, 5) is 25.2. The molecule has 1 aliphatic heterocycles. The molecule has 1 heterocycles. The number of hydrogen-bond donors (Lipinski definition) is 3. The quantitative estimate of drug-likeness (QED) is 0.576. The monoisotopic (exact) mass is 241 g/mol. The fraction of sp³-hybridized carbons (Fsp3) is 0.818. The van der Waals surface area contributed by atoms with Crippen molar-refractivity contribution in [1.82, 2.24) is 10.2 Å². The summed E-state index contributed by atoms with van der Waals surface area (Å²) in [5, 5.41) is 11.7. The number of amides is 3. The first kappa shape index (κ1) is 12.3. The zero-order valence-corrected chi connectivity index (χ0v) is 9.82. The number of hydrogen-bond acceptors (Lipinski definition) is 4. The SMILES string of the molecule is NCC1CCCCC12NC(=O)N(CCO)C2=O. The van der Waals surface area contributed by atoms with Crippen molar-refractivity contribution >= 4 is 11.9 Å². The van der Waals surface area contributed by atoms with Gasteiger partial charge in [-0.2, -0.15) is 0 Å². The standard InChI is InChI=1S/C11H19N3O3/c12-7-8-3-1-2-4-11(8)9(16)14(5-6-15)10(17)13-11/h8,15H,1-7,12H2,(H,13,17). The molecule has 1 saturated heterocycles. The Balaban J connectivity index is 2.25. The fourth-order valence-corrected chi connectivity index (χ4v) is 2.96. The number of rotatable bonds is 3. The van der Waals surface area contributed by atoms with Crippen molar-refractivity contribution in [2.75, 3.05) is 19.7 Å². The molecule has 2 unspecified atom stereocenters. The molecule has 0 aromatic carbocycles. The van der Waals surface area contributed by atoms with Gasteiger partial charge in [-0.05, 0) is 19.4 Å². The van der Waals surface area contributed by atoms with Gasteiger partial charge in [0.15, 0.2) is 0 Å². The fourth-order valence-electron chi connectivity index (χ4n) is 2.96. The second-order valence-electron chi connectivity index (χ2n) is 4.76. The number of urea groups is 1. The molecule has 4 N–H and O–H groups in total. The highest BCUT2D eigenvalue weighted by molar-refractivity contribution is 6.07. The normalized spacial score (nSPS) is 33.3. The van der Waals surface area contributed by atoms with Crippen molar-refractivity contribution in [2.45, 2.75) is 31.2 Å². The molecular weight excluding hydrogens is 222 g/mol. The molecule has 2 fully saturated rings. The highest BCUT2D eigenvalue weighted by atomic mass is 16.3. The Morgan fingerprint density at radius 2 is 2.24 bits per heavy atom. The molecule has 2 rings (SSSR count). The lowest BCUT2D eigenvalue weighted by atomic mass is 9.72. The molecule has 6 heteroatoms. The van der Waals surface area contributed by atoms with E-state index in [2.05, 4.69) is 5.32 Å². The van der Waals surface area contributed by atoms with Crippen molar-refractivity contribution < 1.29 is 14.7 Å². The largest absolute Gasteiger partial charge is 0.395 e. The van der Waals surface area contributed by atoms with Crippen molar-refractivity contribution in [3.05, 3.63) is 0 Å². The van der Waals surface area contributed by atoms with Gasteiger partial charge in [0, 0.05) is 5.92 Å². The third-order valence-corrected chi connectivity index (χ3v) is 3.88. The van der Waals surface area contributed by atoms with Crippen LogP contribution in [0.4, 0.5) is 4.79 Å². The molecule has 17 heavy (non-hydrogen) atoms. The van der Waals surface area contributed by atoms with Gasteiger partial charge in [0.25, 0.3) is 5.91 Å². The predicted molar refractivity (Wildman–Crippen MR) is 61.1 cm³/mol. The minimum atomic E-state index is -0.806. The maximum atomic E-state index is 12.3. The first-order valence-corrected chi connectivity index (χ1v) is 6.10. The Hall–Kier alpha value is -1.14. The molecular formula is C11H19N3O3. The van der Waals surface area contributed by atoms with Crippen LogP contribution in [-0.2, 0) is 4.79 Å². The molecule has 0 aromatic heterocycles. The van der Waals surface area contributed by atoms with Gasteiger partial charge >= 0.3 is 6.03 Å². The van der Waals surface area contributed by atoms with E-state index in [9.17, 15) is 9.59 Å². The maximum absolute atomic E-state index is 12.3. The van der Waals surface area contributed by atoms with Crippen LogP contribution >= 0.6 is 0 Å². The van der Waals surface area contributed by atoms with Gasteiger partial charge in [0.1, 0.15) is 5.54 Å². The summed E-state index contributed by atoms with van der Waals surface area (Å²) >= 11 is 0. The van der Waals surface area contributed by atoms with Gasteiger partial charge in [0.2, 0.25) is 0 Å². The molecule has 1 spiro atoms. The summed E-state index contributed by atoms with van der Waals surface area (Å²) in [7, 11) is 0. The molecule has 0 bridgehead atoms. The van der Waals surface area contributed by atoms with Crippen molar-refractivity contribution in [3.63, 3.8) is 0 Å². The van der Waals surface area contributed by atoms with E-state index in [0.29, 0.717) is 13.0 Å². The molecule has 1 aliphatic carbocycles. The number of aliphatic hydroxyl groups excluding tert-OH is 1. The van der Waals surface area contributed by atoms with Gasteiger partial charge in [-0.25, -0.2) is 4.79 Å². The maximum Gasteiger partial charge on any atom is 0.325 e. The number of nitrogens with zero attached hydrogens (tertiary/aromatic N) is 1. The average molecular weight is 241 g/mol. The van der Waals surface area contributed by atoms with Crippen LogP contribution in [0, 0.1) is 5.92 Å². The van der Waals surface area contributed by atoms with Crippen molar-refractivity contribution in [3.8, 4) is 0 Å². The Kier molecular flexibility index (Phi) is 3.35. The van der Waals surface area contributed by atoms with Crippen LogP contribution in [0.2, 0.25) is 0 Å². The minimum absolute atomic E-state index is 0.0105. The zero-order valence-electron chi connectivity index (χ0n) is 9.82. The lowest BCUT2D eigenvalue weighted by molar-refractivity contribution is -0.134. The summed E-state index contributed by atoms with van der Waals surface area (Å²) in [5.41, 5.74) is 4.91. The first-order valence-electron chi connectivity index (χ1n) is 6.10. The first-order chi connectivity index (χ1) is 8.15. The molecule has 2 atom stereocenters. The highest BCUT2D eigenvalue weighted by Gasteiger charge is 2.55. The third kappa shape index (κ3) is 1.81. The van der Waals surface area contributed by atoms with E-state index in [1.54, 1.807) is 0 Å². The van der Waals surface area contributed by atoms with Crippen molar-refractivity contribution in [1.29, 1.82) is 0 Å². The second kappa shape index (κ2) is 4.62. The van der Waals surface area contributed by atoms with Gasteiger partial charge in [-0.3, -0.25) is 9.69 Å². The van der Waals surface area contributed by atoms with Crippen LogP contribution in [0.1, 0.15) is 25.7 Å². The van der Waals surface area contributed by atoms with Gasteiger partial charge in [0.05, 0.1) is 13.2 Å². The van der Waals surface area contributed by atoms with E-state index in [1.807, 2.05) is 0 Å². The van der Waals surface area contributed by atoms with Crippen LogP contribution < -0.4 is 11.1 Å². The van der Waals surface area contributed by atoms with Crippen LogP contribution in [-0.4, -0.2) is 47.2 Å². The number of nitrogens with two attached hydrogens (primary N) is 1. The van der Waals surface area contributed by atoms with E-state index in [1.165, 1.54) is 0 Å². The smallest absolute Gasteiger partial charge is 0.325 e. The summed E-state index contributed by atoms with van der Waals surface area (Å²) in [6.45, 7) is 0.255. The Morgan fingerprint density at radius 1 is 1.47 bits per heavy atom. The zero-order chi connectivity index (χ0) is 12.5. The summed E-state index contributed by atoms with van der Waals surface area (Å²) in [6, 6.07) is -0.399. The topological polar surface area (TPSA) is 95.7 Å². The van der Waals surface area contributed by atoms with Crippen LogP contribution in [0.5, 0.6) is 0 Å². The van der Waals surface area contributed by atoms with Gasteiger partial charge in [-0.1, -0.05) is 12.8 Å². The van der Waals surface area contributed by atoms with Gasteiger partial charge in [-0.15, -0.1) is 0 Å². The summed E-state index contributed by atoms with van der Waals surface area (Å²) in [6.07, 6.45) is 3.50. The average Bonchev–Trinajstić information content (AvgIpc) is 2.56. The van der Waals surface area contributed by atoms with E-state index in [-0.39, 0.29) is 25.0 Å². The van der Waals surface area contributed by atoms with E-state index in [4.69, 9.17) is 10.8 Å². The highest BCUT2D eigenvalue weighted by Crippen LogP contribution is 2.37. The van der Waals surface area contributed by atoms with Crippen LogP contribution in [0.25, 0.3) is 0 Å². The van der Waals surface area contributed by atoms with E-state index < -0.39 is 11.6 Å². The number of imide groups is 1. The number of β-amino-alcohol motifs (C(OH)–C–C–N with tert-alkyl or cyclic N) is 1. The third-order valence-electron chi connectivity index (χ3n) is 3.88. The molecule has 0 radical (unpaired) electrons. The number of carbonyl (C=O) groups excluding carboxylic acids is 2. The second-order valence-corrected chi connectivity index (χ2v) is 4.76. The Labute approximate surface area is 100 Å². The van der Waals surface area contributed by atoms with E-state index >= 15 is 0 Å². The van der Waals surface area contributed by atoms with Crippen LogP contribution in [0.3, 0.4) is 0 Å².